The minimum Gasteiger partial charge on any atom is -0.493 e. The van der Waals surface area contributed by atoms with Crippen molar-refractivity contribution >= 4 is 23.5 Å². The van der Waals surface area contributed by atoms with Crippen molar-refractivity contribution in [2.24, 2.45) is 0 Å². The largest absolute Gasteiger partial charge is 0.493 e. The van der Waals surface area contributed by atoms with Gasteiger partial charge in [0.1, 0.15) is 11.6 Å². The van der Waals surface area contributed by atoms with E-state index in [-0.39, 0.29) is 24.7 Å². The number of aromatic amines is 1. The highest BCUT2D eigenvalue weighted by atomic mass is 16.5. The molecule has 160 valence electrons. The number of nitrogen functional groups attached to an aromatic ring is 1. The molecule has 0 bridgehead atoms. The van der Waals surface area contributed by atoms with Gasteiger partial charge < -0.3 is 15.2 Å². The SMILES string of the molecule is CCCn1c(N)c(N(CCOC)C(=O)C=Cc2ccc3c(c2)CCO3)c(=O)[nH]c1=O. The minimum atomic E-state index is -0.711. The van der Waals surface area contributed by atoms with Gasteiger partial charge in [0, 0.05) is 32.7 Å². The summed E-state index contributed by atoms with van der Waals surface area (Å²) in [5.74, 6) is 0.374. The number of hydrogen-bond donors (Lipinski definition) is 2. The van der Waals surface area contributed by atoms with Crippen LogP contribution >= 0.6 is 0 Å². The smallest absolute Gasteiger partial charge is 0.330 e. The average molecular weight is 414 g/mol. The number of anilines is 2. The maximum atomic E-state index is 13.0. The quantitative estimate of drug-likeness (QED) is 0.626. The summed E-state index contributed by atoms with van der Waals surface area (Å²) in [6.45, 7) is 3.17. The number of benzene rings is 1. The zero-order valence-electron chi connectivity index (χ0n) is 17.1. The molecule has 1 aliphatic rings. The molecule has 0 radical (unpaired) electrons. The number of methoxy groups -OCH3 is 1. The van der Waals surface area contributed by atoms with Crippen molar-refractivity contribution in [2.45, 2.75) is 26.3 Å². The Morgan fingerprint density at radius 3 is 2.93 bits per heavy atom. The first-order chi connectivity index (χ1) is 14.5. The van der Waals surface area contributed by atoms with E-state index in [0.717, 1.165) is 23.3 Å². The van der Waals surface area contributed by atoms with Crippen LogP contribution in [-0.2, 0) is 22.5 Å². The molecule has 3 N–H and O–H groups in total. The number of carbonyl (C=O) groups is 1. The Balaban J connectivity index is 1.94. The van der Waals surface area contributed by atoms with E-state index in [1.54, 1.807) is 6.08 Å². The third kappa shape index (κ3) is 4.46. The van der Waals surface area contributed by atoms with Gasteiger partial charge in [0.05, 0.1) is 13.2 Å². The number of nitrogens with one attached hydrogen (secondary N) is 1. The van der Waals surface area contributed by atoms with Crippen LogP contribution in [0, 0.1) is 0 Å². The van der Waals surface area contributed by atoms with Crippen LogP contribution in [0.2, 0.25) is 0 Å². The van der Waals surface area contributed by atoms with Crippen molar-refractivity contribution in [3.8, 4) is 5.75 Å². The van der Waals surface area contributed by atoms with Crippen LogP contribution in [0.1, 0.15) is 24.5 Å². The van der Waals surface area contributed by atoms with Crippen LogP contribution < -0.4 is 26.6 Å². The van der Waals surface area contributed by atoms with Crippen LogP contribution in [0.3, 0.4) is 0 Å². The van der Waals surface area contributed by atoms with E-state index in [4.69, 9.17) is 15.2 Å². The molecule has 0 fully saturated rings. The summed E-state index contributed by atoms with van der Waals surface area (Å²) in [6, 6.07) is 5.70. The Kier molecular flexibility index (Phi) is 6.73. The highest BCUT2D eigenvalue weighted by Crippen LogP contribution is 2.26. The van der Waals surface area contributed by atoms with Crippen LogP contribution in [-0.4, -0.2) is 42.3 Å². The third-order valence-corrected chi connectivity index (χ3v) is 4.85. The second-order valence-electron chi connectivity index (χ2n) is 6.93. The van der Waals surface area contributed by atoms with Crippen LogP contribution in [0.15, 0.2) is 33.9 Å². The van der Waals surface area contributed by atoms with E-state index in [0.29, 0.717) is 19.6 Å². The molecule has 0 saturated heterocycles. The van der Waals surface area contributed by atoms with Gasteiger partial charge >= 0.3 is 5.69 Å². The summed E-state index contributed by atoms with van der Waals surface area (Å²) in [7, 11) is 1.50. The van der Waals surface area contributed by atoms with E-state index < -0.39 is 17.2 Å². The van der Waals surface area contributed by atoms with Gasteiger partial charge in [-0.15, -0.1) is 0 Å². The molecule has 0 unspecified atom stereocenters. The van der Waals surface area contributed by atoms with E-state index in [9.17, 15) is 14.4 Å². The monoisotopic (exact) mass is 414 g/mol. The summed E-state index contributed by atoms with van der Waals surface area (Å²) in [5.41, 5.74) is 6.69. The molecule has 0 saturated carbocycles. The third-order valence-electron chi connectivity index (χ3n) is 4.85. The molecular weight excluding hydrogens is 388 g/mol. The van der Waals surface area contributed by atoms with E-state index in [2.05, 4.69) is 4.98 Å². The van der Waals surface area contributed by atoms with E-state index in [1.165, 1.54) is 22.7 Å². The lowest BCUT2D eigenvalue weighted by atomic mass is 10.1. The molecule has 3 rings (SSSR count). The van der Waals surface area contributed by atoms with Gasteiger partial charge in [-0.2, -0.15) is 0 Å². The fourth-order valence-electron chi connectivity index (χ4n) is 3.37. The first-order valence-electron chi connectivity index (χ1n) is 9.83. The van der Waals surface area contributed by atoms with Crippen molar-refractivity contribution in [1.29, 1.82) is 0 Å². The van der Waals surface area contributed by atoms with Crippen molar-refractivity contribution in [2.75, 3.05) is 37.5 Å². The lowest BCUT2D eigenvalue weighted by molar-refractivity contribution is -0.114. The van der Waals surface area contributed by atoms with Crippen molar-refractivity contribution in [3.63, 3.8) is 0 Å². The second kappa shape index (κ2) is 9.45. The summed E-state index contributed by atoms with van der Waals surface area (Å²) >= 11 is 0. The Labute approximate surface area is 173 Å². The number of ether oxygens (including phenoxy) is 2. The number of aromatic nitrogens is 2. The molecule has 1 amide bonds. The van der Waals surface area contributed by atoms with Gasteiger partial charge in [-0.3, -0.25) is 24.0 Å². The summed E-state index contributed by atoms with van der Waals surface area (Å²) in [5, 5.41) is 0. The average Bonchev–Trinajstić information content (AvgIpc) is 3.19. The standard InChI is InChI=1S/C21H26N4O5/c1-3-9-25-19(22)18(20(27)23-21(25)28)24(10-12-29-2)17(26)7-5-14-4-6-16-15(13-14)8-11-30-16/h4-7,13H,3,8-12,22H2,1-2H3,(H,23,27,28). The number of nitrogens with zero attached hydrogens (tertiary/aromatic N) is 2. The minimum absolute atomic E-state index is 0.0434. The molecular formula is C21H26N4O5. The number of fused-ring (bicyclic) bond motifs is 1. The predicted octanol–water partition coefficient (Wildman–Crippen LogP) is 1.16. The highest BCUT2D eigenvalue weighted by molar-refractivity contribution is 6.05. The number of H-pyrrole nitrogens is 1. The van der Waals surface area contributed by atoms with E-state index in [1.807, 2.05) is 25.1 Å². The highest BCUT2D eigenvalue weighted by Gasteiger charge is 2.22. The molecule has 1 aromatic carbocycles. The van der Waals surface area contributed by atoms with Gasteiger partial charge in [0.15, 0.2) is 5.69 Å². The number of amides is 1. The lowest BCUT2D eigenvalue weighted by Crippen LogP contribution is -2.42. The molecule has 1 aliphatic heterocycles. The number of hydrogen-bond acceptors (Lipinski definition) is 6. The summed E-state index contributed by atoms with van der Waals surface area (Å²) in [6.07, 6.45) is 4.52. The molecule has 9 nitrogen and oxygen atoms in total. The summed E-state index contributed by atoms with van der Waals surface area (Å²) in [4.78, 5) is 41.1. The van der Waals surface area contributed by atoms with Crippen LogP contribution in [0.4, 0.5) is 11.5 Å². The predicted molar refractivity (Wildman–Crippen MR) is 115 cm³/mol. The zero-order valence-corrected chi connectivity index (χ0v) is 17.1. The molecule has 0 spiro atoms. The number of carbonyl (C=O) groups excluding carboxylic acids is 1. The van der Waals surface area contributed by atoms with Gasteiger partial charge in [-0.1, -0.05) is 13.0 Å². The summed E-state index contributed by atoms with van der Waals surface area (Å²) < 4.78 is 11.8. The van der Waals surface area contributed by atoms with Crippen LogP contribution in [0.25, 0.3) is 6.08 Å². The molecule has 1 aromatic heterocycles. The molecule has 0 atom stereocenters. The molecule has 30 heavy (non-hydrogen) atoms. The Morgan fingerprint density at radius 1 is 1.40 bits per heavy atom. The Hall–Kier alpha value is -3.33. The number of rotatable bonds is 8. The van der Waals surface area contributed by atoms with Crippen molar-refractivity contribution in [3.05, 3.63) is 56.2 Å². The normalized spacial score (nSPS) is 12.7. The number of nitrogens with two attached hydrogens (primary N) is 1. The van der Waals surface area contributed by atoms with Gasteiger partial charge in [0.25, 0.3) is 11.5 Å². The molecule has 9 heteroatoms. The molecule has 0 aliphatic carbocycles. The first-order valence-corrected chi connectivity index (χ1v) is 9.83. The van der Waals surface area contributed by atoms with E-state index >= 15 is 0 Å². The maximum Gasteiger partial charge on any atom is 0.330 e. The maximum absolute atomic E-state index is 13.0. The molecule has 2 heterocycles. The van der Waals surface area contributed by atoms with Gasteiger partial charge in [0.2, 0.25) is 0 Å². The molecule has 2 aromatic rings. The van der Waals surface area contributed by atoms with Crippen molar-refractivity contribution in [1.82, 2.24) is 9.55 Å². The fourth-order valence-corrected chi connectivity index (χ4v) is 3.37. The fraction of sp³-hybridized carbons (Fsp3) is 0.381. The lowest BCUT2D eigenvalue weighted by Gasteiger charge is -2.23. The van der Waals surface area contributed by atoms with Crippen molar-refractivity contribution < 1.29 is 14.3 Å². The topological polar surface area (TPSA) is 120 Å². The van der Waals surface area contributed by atoms with Crippen LogP contribution in [0.5, 0.6) is 5.75 Å². The second-order valence-corrected chi connectivity index (χ2v) is 6.93. The Morgan fingerprint density at radius 2 is 2.20 bits per heavy atom. The zero-order chi connectivity index (χ0) is 21.7. The van der Waals surface area contributed by atoms with Gasteiger partial charge in [-0.25, -0.2) is 4.79 Å². The first kappa shape index (κ1) is 21.4. The van der Waals surface area contributed by atoms with Gasteiger partial charge in [-0.05, 0) is 35.8 Å². The Bertz CT molecular complexity index is 1070.